The normalized spacial score (nSPS) is 15.2. The summed E-state index contributed by atoms with van der Waals surface area (Å²) in [5.41, 5.74) is 3.00. The summed E-state index contributed by atoms with van der Waals surface area (Å²) < 4.78 is 5.71. The summed E-state index contributed by atoms with van der Waals surface area (Å²) in [5, 5.41) is 4.35. The average molecular weight is 439 g/mol. The number of likely N-dealkylation sites (N-methyl/N-ethyl adjacent to an activating group) is 1. The molecule has 1 aliphatic heterocycles. The molecule has 1 N–H and O–H groups in total. The van der Waals surface area contributed by atoms with Gasteiger partial charge >= 0.3 is 0 Å². The molecule has 1 amide bonds. The van der Waals surface area contributed by atoms with Crippen molar-refractivity contribution in [3.05, 3.63) is 70.9 Å². The monoisotopic (exact) mass is 438 g/mol. The molecular weight excluding hydrogens is 412 g/mol. The molecule has 0 spiro atoms. The molecule has 0 aliphatic carbocycles. The molecule has 3 aromatic rings. The number of carbonyl (C=O) groups is 1. The number of fused-ring (bicyclic) bond motifs is 1. The number of aromatic nitrogens is 1. The van der Waals surface area contributed by atoms with Crippen LogP contribution in [0.2, 0.25) is 5.02 Å². The van der Waals surface area contributed by atoms with Gasteiger partial charge in [-0.1, -0.05) is 35.9 Å². The van der Waals surface area contributed by atoms with E-state index in [0.29, 0.717) is 22.8 Å². The minimum atomic E-state index is -0.177. The Labute approximate surface area is 187 Å². The van der Waals surface area contributed by atoms with Crippen LogP contribution in [0.5, 0.6) is 5.75 Å². The van der Waals surface area contributed by atoms with Crippen molar-refractivity contribution >= 4 is 28.4 Å². The first kappa shape index (κ1) is 21.6. The van der Waals surface area contributed by atoms with Gasteiger partial charge in [0.2, 0.25) is 0 Å². The zero-order valence-electron chi connectivity index (χ0n) is 17.7. The molecule has 0 bridgehead atoms. The van der Waals surface area contributed by atoms with E-state index in [9.17, 15) is 4.79 Å². The van der Waals surface area contributed by atoms with Gasteiger partial charge in [0.05, 0.1) is 5.02 Å². The van der Waals surface area contributed by atoms with E-state index in [2.05, 4.69) is 45.3 Å². The molecular formula is C24H27ClN4O2. The highest BCUT2D eigenvalue weighted by atomic mass is 35.5. The van der Waals surface area contributed by atoms with E-state index < -0.39 is 0 Å². The van der Waals surface area contributed by atoms with E-state index >= 15 is 0 Å². The summed E-state index contributed by atoms with van der Waals surface area (Å²) in [6.45, 7) is 5.72. The summed E-state index contributed by atoms with van der Waals surface area (Å²) in [6.07, 6.45) is 1.68. The van der Waals surface area contributed by atoms with Crippen LogP contribution in [-0.4, -0.2) is 60.5 Å². The number of nitrogens with one attached hydrogen (secondary N) is 1. The molecule has 31 heavy (non-hydrogen) atoms. The molecule has 6 nitrogen and oxygen atoms in total. The Bertz CT molecular complexity index is 1050. The number of ether oxygens (including phenoxy) is 1. The van der Waals surface area contributed by atoms with Crippen molar-refractivity contribution in [2.75, 3.05) is 39.8 Å². The number of piperazine rings is 1. The molecule has 4 rings (SSSR count). The van der Waals surface area contributed by atoms with E-state index in [-0.39, 0.29) is 12.5 Å². The second kappa shape index (κ2) is 10.1. The number of pyridine rings is 1. The number of carbonyl (C=O) groups excluding carboxylic acids is 1. The lowest BCUT2D eigenvalue weighted by Gasteiger charge is -2.32. The zero-order valence-corrected chi connectivity index (χ0v) is 18.4. The van der Waals surface area contributed by atoms with Gasteiger partial charge in [-0.25, -0.2) is 0 Å². The Balaban J connectivity index is 1.29. The van der Waals surface area contributed by atoms with E-state index in [0.717, 1.165) is 43.7 Å². The van der Waals surface area contributed by atoms with Crippen molar-refractivity contribution in [2.45, 2.75) is 13.1 Å². The van der Waals surface area contributed by atoms with Crippen LogP contribution in [0.1, 0.15) is 11.1 Å². The molecule has 1 aromatic heterocycles. The predicted octanol–water partition coefficient (Wildman–Crippen LogP) is 3.33. The molecule has 7 heteroatoms. The Hall–Kier alpha value is -2.67. The quantitative estimate of drug-likeness (QED) is 0.613. The number of amides is 1. The number of rotatable bonds is 7. The zero-order chi connectivity index (χ0) is 21.6. The summed E-state index contributed by atoms with van der Waals surface area (Å²) in [4.78, 5) is 21.5. The molecule has 162 valence electrons. The van der Waals surface area contributed by atoms with Gasteiger partial charge in [0, 0.05) is 50.9 Å². The van der Waals surface area contributed by atoms with E-state index in [1.54, 1.807) is 18.3 Å². The third-order valence-corrected chi connectivity index (χ3v) is 5.85. The highest BCUT2D eigenvalue weighted by molar-refractivity contribution is 6.35. The van der Waals surface area contributed by atoms with Crippen LogP contribution in [-0.2, 0) is 17.9 Å². The largest absolute Gasteiger partial charge is 0.481 e. The summed E-state index contributed by atoms with van der Waals surface area (Å²) >= 11 is 6.21. The fourth-order valence-corrected chi connectivity index (χ4v) is 3.94. The van der Waals surface area contributed by atoms with Crippen molar-refractivity contribution < 1.29 is 9.53 Å². The maximum atomic E-state index is 12.3. The van der Waals surface area contributed by atoms with E-state index in [4.69, 9.17) is 16.3 Å². The van der Waals surface area contributed by atoms with Crippen LogP contribution in [0.4, 0.5) is 0 Å². The first-order valence-corrected chi connectivity index (χ1v) is 10.9. The number of hydrogen-bond acceptors (Lipinski definition) is 5. The Morgan fingerprint density at radius 2 is 1.90 bits per heavy atom. The number of hydrogen-bond donors (Lipinski definition) is 1. The van der Waals surface area contributed by atoms with Gasteiger partial charge in [0.25, 0.3) is 5.91 Å². The van der Waals surface area contributed by atoms with Crippen LogP contribution in [0.3, 0.4) is 0 Å². The van der Waals surface area contributed by atoms with E-state index in [1.807, 2.05) is 18.2 Å². The summed E-state index contributed by atoms with van der Waals surface area (Å²) in [5.74, 6) is 0.368. The molecule has 1 saturated heterocycles. The van der Waals surface area contributed by atoms with Crippen molar-refractivity contribution in [3.63, 3.8) is 0 Å². The lowest BCUT2D eigenvalue weighted by Crippen LogP contribution is -2.43. The average Bonchev–Trinajstić information content (AvgIpc) is 2.79. The molecule has 0 atom stereocenters. The lowest BCUT2D eigenvalue weighted by molar-refractivity contribution is -0.123. The fourth-order valence-electron chi connectivity index (χ4n) is 3.73. The fraction of sp³-hybridized carbons (Fsp3) is 0.333. The molecule has 0 unspecified atom stereocenters. The maximum Gasteiger partial charge on any atom is 0.258 e. The van der Waals surface area contributed by atoms with E-state index in [1.165, 1.54) is 5.56 Å². The molecule has 1 aliphatic rings. The second-order valence-corrected chi connectivity index (χ2v) is 8.32. The van der Waals surface area contributed by atoms with Crippen LogP contribution >= 0.6 is 11.6 Å². The Morgan fingerprint density at radius 3 is 2.74 bits per heavy atom. The van der Waals surface area contributed by atoms with Gasteiger partial charge in [-0.15, -0.1) is 0 Å². The summed E-state index contributed by atoms with van der Waals surface area (Å²) in [7, 11) is 2.16. The van der Waals surface area contributed by atoms with Gasteiger partial charge in [-0.3, -0.25) is 14.7 Å². The third-order valence-electron chi connectivity index (χ3n) is 5.52. The molecule has 2 aromatic carbocycles. The Morgan fingerprint density at radius 1 is 1.10 bits per heavy atom. The van der Waals surface area contributed by atoms with Crippen molar-refractivity contribution in [3.8, 4) is 5.75 Å². The smallest absolute Gasteiger partial charge is 0.258 e. The third kappa shape index (κ3) is 5.73. The van der Waals surface area contributed by atoms with Crippen LogP contribution in [0, 0.1) is 0 Å². The Kier molecular flexibility index (Phi) is 7.02. The SMILES string of the molecule is CN1CCN(Cc2cccc(CNC(=O)COc3ccc(Cl)c4cccnc34)c2)CC1. The summed E-state index contributed by atoms with van der Waals surface area (Å²) in [6, 6.07) is 15.6. The van der Waals surface area contributed by atoms with Gasteiger partial charge in [-0.05, 0) is 42.4 Å². The van der Waals surface area contributed by atoms with Crippen molar-refractivity contribution in [1.82, 2.24) is 20.1 Å². The minimum absolute atomic E-state index is 0.0751. The van der Waals surface area contributed by atoms with Crippen LogP contribution in [0.25, 0.3) is 10.9 Å². The highest BCUT2D eigenvalue weighted by Crippen LogP contribution is 2.29. The second-order valence-electron chi connectivity index (χ2n) is 7.91. The van der Waals surface area contributed by atoms with Crippen LogP contribution < -0.4 is 10.1 Å². The van der Waals surface area contributed by atoms with Gasteiger partial charge < -0.3 is 15.0 Å². The molecule has 0 radical (unpaired) electrons. The first-order valence-electron chi connectivity index (χ1n) is 10.5. The number of benzene rings is 2. The van der Waals surface area contributed by atoms with Crippen molar-refractivity contribution in [1.29, 1.82) is 0 Å². The van der Waals surface area contributed by atoms with Gasteiger partial charge in [0.1, 0.15) is 11.3 Å². The number of halogens is 1. The lowest BCUT2D eigenvalue weighted by atomic mass is 10.1. The van der Waals surface area contributed by atoms with Crippen LogP contribution in [0.15, 0.2) is 54.7 Å². The molecule has 0 saturated carbocycles. The molecule has 1 fully saturated rings. The predicted molar refractivity (Wildman–Crippen MR) is 123 cm³/mol. The standard InChI is InChI=1S/C24H27ClN4O2/c1-28-10-12-29(13-11-28)16-19-5-2-4-18(14-19)15-27-23(30)17-31-22-8-7-21(25)20-6-3-9-26-24(20)22/h2-9,14H,10-13,15-17H2,1H3,(H,27,30). The van der Waals surface area contributed by atoms with Gasteiger partial charge in [0.15, 0.2) is 6.61 Å². The van der Waals surface area contributed by atoms with Crippen molar-refractivity contribution in [2.24, 2.45) is 0 Å². The first-order chi connectivity index (χ1) is 15.1. The van der Waals surface area contributed by atoms with Gasteiger partial charge in [-0.2, -0.15) is 0 Å². The minimum Gasteiger partial charge on any atom is -0.481 e. The highest BCUT2D eigenvalue weighted by Gasteiger charge is 2.14. The number of nitrogens with zero attached hydrogens (tertiary/aromatic N) is 3. The molecule has 2 heterocycles. The topological polar surface area (TPSA) is 57.7 Å². The maximum absolute atomic E-state index is 12.3.